The Morgan fingerprint density at radius 1 is 1.29 bits per heavy atom. The number of fused-ring (bicyclic) bond motifs is 4. The number of rotatable bonds is 2. The second kappa shape index (κ2) is 5.99. The minimum atomic E-state index is -4.94. The fourth-order valence-electron chi connectivity index (χ4n) is 4.25. The lowest BCUT2D eigenvalue weighted by Crippen LogP contribution is -2.52. The first kappa shape index (κ1) is 18.8. The summed E-state index contributed by atoms with van der Waals surface area (Å²) in [4.78, 5) is 24.7. The summed E-state index contributed by atoms with van der Waals surface area (Å²) in [5, 5.41) is 13.1. The summed E-state index contributed by atoms with van der Waals surface area (Å²) < 4.78 is 39.0. The Kier molecular flexibility index (Phi) is 4.03. The van der Waals surface area contributed by atoms with Crippen molar-refractivity contribution in [2.75, 3.05) is 11.9 Å². The number of halogens is 3. The van der Waals surface area contributed by atoms with E-state index >= 15 is 0 Å². The summed E-state index contributed by atoms with van der Waals surface area (Å²) in [7, 11) is 0. The third kappa shape index (κ3) is 2.86. The number of carbonyl (C=O) groups is 2. The number of alkyl halides is 3. The Morgan fingerprint density at radius 2 is 1.96 bits per heavy atom. The number of phenols is 1. The number of hydrogen-bond acceptors (Lipinski definition) is 3. The number of likely N-dealkylation sites (tertiary alicyclic amines) is 1. The second-order valence-corrected chi connectivity index (χ2v) is 8.13. The summed E-state index contributed by atoms with van der Waals surface area (Å²) in [6.45, 7) is 3.72. The number of phenolic OH excluding ortho intramolecular Hbond substituents is 1. The van der Waals surface area contributed by atoms with E-state index in [2.05, 4.69) is 5.32 Å². The topological polar surface area (TPSA) is 69.6 Å². The Morgan fingerprint density at radius 3 is 2.57 bits per heavy atom. The van der Waals surface area contributed by atoms with Gasteiger partial charge in [-0.2, -0.15) is 13.2 Å². The van der Waals surface area contributed by atoms with Gasteiger partial charge in [-0.3, -0.25) is 9.59 Å². The molecule has 8 heteroatoms. The molecule has 28 heavy (non-hydrogen) atoms. The van der Waals surface area contributed by atoms with Crippen LogP contribution < -0.4 is 5.32 Å². The number of nitrogens with one attached hydrogen (secondary N) is 1. The zero-order valence-corrected chi connectivity index (χ0v) is 15.6. The van der Waals surface area contributed by atoms with Crippen LogP contribution in [0.1, 0.15) is 44.2 Å². The van der Waals surface area contributed by atoms with Gasteiger partial charge < -0.3 is 15.3 Å². The van der Waals surface area contributed by atoms with Gasteiger partial charge in [0.05, 0.1) is 5.69 Å². The van der Waals surface area contributed by atoms with Gasteiger partial charge in [-0.25, -0.2) is 0 Å². The Bertz CT molecular complexity index is 905. The molecule has 1 aliphatic heterocycles. The highest BCUT2D eigenvalue weighted by Crippen LogP contribution is 2.52. The van der Waals surface area contributed by atoms with Crippen LogP contribution in [-0.2, 0) is 15.0 Å². The number of hydrogen-bond donors (Lipinski definition) is 2. The smallest absolute Gasteiger partial charge is 0.471 e. The molecule has 1 saturated carbocycles. The molecule has 2 atom stereocenters. The first-order chi connectivity index (χ1) is 13.0. The van der Waals surface area contributed by atoms with Crippen LogP contribution in [0.25, 0.3) is 6.08 Å². The van der Waals surface area contributed by atoms with Crippen molar-refractivity contribution in [2.24, 2.45) is 11.8 Å². The average molecular weight is 394 g/mol. The zero-order chi connectivity index (χ0) is 20.4. The Labute approximate surface area is 160 Å². The van der Waals surface area contributed by atoms with Crippen LogP contribution in [-0.4, -0.2) is 34.5 Å². The van der Waals surface area contributed by atoms with E-state index in [1.54, 1.807) is 13.0 Å². The highest BCUT2D eigenvalue weighted by atomic mass is 19.4. The van der Waals surface area contributed by atoms with E-state index < -0.39 is 17.5 Å². The normalized spacial score (nSPS) is 26.4. The van der Waals surface area contributed by atoms with Gasteiger partial charge in [-0.1, -0.05) is 13.8 Å². The maximum absolute atomic E-state index is 13.0. The van der Waals surface area contributed by atoms with Crippen LogP contribution in [0.15, 0.2) is 17.8 Å². The fourth-order valence-corrected chi connectivity index (χ4v) is 4.25. The average Bonchev–Trinajstić information content (AvgIpc) is 3.43. The van der Waals surface area contributed by atoms with Crippen LogP contribution in [0.2, 0.25) is 0 Å². The van der Waals surface area contributed by atoms with Gasteiger partial charge in [0.1, 0.15) is 5.75 Å². The van der Waals surface area contributed by atoms with E-state index in [0.29, 0.717) is 23.4 Å². The maximum atomic E-state index is 13.0. The molecule has 1 heterocycles. The first-order valence-electron chi connectivity index (χ1n) is 9.31. The van der Waals surface area contributed by atoms with E-state index in [1.807, 2.05) is 6.92 Å². The molecule has 0 radical (unpaired) electrons. The monoisotopic (exact) mass is 394 g/mol. The third-order valence-corrected chi connectivity index (χ3v) is 6.35. The van der Waals surface area contributed by atoms with Crippen molar-refractivity contribution in [2.45, 2.75) is 44.7 Å². The molecule has 3 aliphatic rings. The zero-order valence-electron chi connectivity index (χ0n) is 15.6. The molecule has 1 saturated heterocycles. The van der Waals surface area contributed by atoms with Crippen molar-refractivity contribution in [3.63, 3.8) is 0 Å². The number of allylic oxidation sites excluding steroid dienone is 1. The van der Waals surface area contributed by atoms with Gasteiger partial charge in [0.15, 0.2) is 0 Å². The number of aromatic hydroxyl groups is 1. The molecular weight excluding hydrogens is 373 g/mol. The molecule has 5 nitrogen and oxygen atoms in total. The van der Waals surface area contributed by atoms with Crippen LogP contribution in [0.5, 0.6) is 5.75 Å². The third-order valence-electron chi connectivity index (χ3n) is 6.35. The van der Waals surface area contributed by atoms with Gasteiger partial charge in [0.2, 0.25) is 5.91 Å². The molecule has 2 amide bonds. The lowest BCUT2D eigenvalue weighted by atomic mass is 9.62. The quantitative estimate of drug-likeness (QED) is 0.750. The predicted octanol–water partition coefficient (Wildman–Crippen LogP) is 3.78. The number of nitrogens with zero attached hydrogens (tertiary/aromatic N) is 1. The van der Waals surface area contributed by atoms with E-state index in [9.17, 15) is 27.9 Å². The molecule has 1 aromatic rings. The highest BCUT2D eigenvalue weighted by Gasteiger charge is 2.51. The molecule has 1 unspecified atom stereocenters. The highest BCUT2D eigenvalue weighted by molar-refractivity contribution is 5.96. The molecular formula is C20H21F3N2O3. The first-order valence-corrected chi connectivity index (χ1v) is 9.31. The Hall–Kier alpha value is -2.51. The van der Waals surface area contributed by atoms with Gasteiger partial charge in [0, 0.05) is 29.5 Å². The largest absolute Gasteiger partial charge is 0.506 e. The summed E-state index contributed by atoms with van der Waals surface area (Å²) in [5.41, 5.74) is 1.53. The Balaban J connectivity index is 1.76. The predicted molar refractivity (Wildman–Crippen MR) is 96.3 cm³/mol. The summed E-state index contributed by atoms with van der Waals surface area (Å²) in [6.07, 6.45) is -1.38. The molecule has 2 N–H and O–H groups in total. The van der Waals surface area contributed by atoms with Gasteiger partial charge >= 0.3 is 12.1 Å². The number of anilines is 1. The number of amides is 2. The molecule has 2 bridgehead atoms. The lowest BCUT2D eigenvalue weighted by molar-refractivity contribution is -0.185. The molecule has 4 rings (SSSR count). The van der Waals surface area contributed by atoms with Gasteiger partial charge in [-0.05, 0) is 48.6 Å². The number of piperidine rings is 1. The van der Waals surface area contributed by atoms with Crippen molar-refractivity contribution >= 4 is 23.6 Å². The van der Waals surface area contributed by atoms with Crippen molar-refractivity contribution in [1.82, 2.24) is 4.90 Å². The number of benzene rings is 1. The molecule has 2 aliphatic carbocycles. The number of carbonyl (C=O) groups excluding carboxylic acids is 2. The van der Waals surface area contributed by atoms with E-state index in [4.69, 9.17) is 0 Å². The van der Waals surface area contributed by atoms with Crippen molar-refractivity contribution in [1.29, 1.82) is 0 Å². The minimum Gasteiger partial charge on any atom is -0.506 e. The summed E-state index contributed by atoms with van der Waals surface area (Å²) in [5.74, 6) is -2.49. The van der Waals surface area contributed by atoms with E-state index in [-0.39, 0.29) is 30.0 Å². The minimum absolute atomic E-state index is 0.0203. The standard InChI is InChI=1S/C20H21F3N2O3/c1-10-15-7-12-8-16(26)14(24-17(27)11-3-4-11)9-13(12)19(10,2)5-6-25(15)18(28)20(21,22)23/h7-11,26H,3-6H2,1-2H3,(H,24,27)/t10-,19?/m1/s1. The molecule has 150 valence electrons. The van der Waals surface area contributed by atoms with Crippen LogP contribution in [0.4, 0.5) is 18.9 Å². The van der Waals surface area contributed by atoms with E-state index in [1.165, 1.54) is 12.1 Å². The maximum Gasteiger partial charge on any atom is 0.471 e. The summed E-state index contributed by atoms with van der Waals surface area (Å²) >= 11 is 0. The van der Waals surface area contributed by atoms with Crippen molar-refractivity contribution < 1.29 is 27.9 Å². The molecule has 1 aromatic carbocycles. The van der Waals surface area contributed by atoms with Gasteiger partial charge in [0.25, 0.3) is 0 Å². The van der Waals surface area contributed by atoms with Crippen molar-refractivity contribution in [3.8, 4) is 5.75 Å². The molecule has 0 aromatic heterocycles. The van der Waals surface area contributed by atoms with Gasteiger partial charge in [-0.15, -0.1) is 0 Å². The molecule has 0 spiro atoms. The van der Waals surface area contributed by atoms with Crippen molar-refractivity contribution in [3.05, 3.63) is 29.0 Å². The SMILES string of the molecule is C[C@@H]1C2=Cc3cc(O)c(NC(=O)C4CC4)cc3C1(C)CCN2C(=O)C(F)(F)F. The van der Waals surface area contributed by atoms with Crippen LogP contribution in [0.3, 0.4) is 0 Å². The lowest BCUT2D eigenvalue weighted by Gasteiger charge is -2.50. The van der Waals surface area contributed by atoms with Crippen LogP contribution in [0, 0.1) is 11.8 Å². The van der Waals surface area contributed by atoms with E-state index in [0.717, 1.165) is 23.3 Å². The summed E-state index contributed by atoms with van der Waals surface area (Å²) in [6, 6.07) is 3.17. The second-order valence-electron chi connectivity index (χ2n) is 8.13. The fraction of sp³-hybridized carbons (Fsp3) is 0.500. The molecule has 2 fully saturated rings. The van der Waals surface area contributed by atoms with Crippen LogP contribution >= 0.6 is 0 Å².